The zero-order chi connectivity index (χ0) is 17.7. The van der Waals surface area contributed by atoms with E-state index < -0.39 is 24.2 Å². The van der Waals surface area contributed by atoms with E-state index in [9.17, 15) is 24.9 Å². The summed E-state index contributed by atoms with van der Waals surface area (Å²) in [4.78, 5) is 23.7. The molecule has 0 saturated heterocycles. The number of hydrogen-bond donors (Lipinski definition) is 5. The van der Waals surface area contributed by atoms with E-state index in [0.717, 1.165) is 32.1 Å². The number of amides is 2. The van der Waals surface area contributed by atoms with Crippen molar-refractivity contribution in [2.45, 2.75) is 70.1 Å². The lowest BCUT2D eigenvalue weighted by atomic mass is 9.71. The molecule has 0 heterocycles. The van der Waals surface area contributed by atoms with Gasteiger partial charge in [0.15, 0.2) is 0 Å². The highest BCUT2D eigenvalue weighted by Crippen LogP contribution is 2.39. The molecule has 2 saturated carbocycles. The fourth-order valence-electron chi connectivity index (χ4n) is 4.08. The smallest absolute Gasteiger partial charge is 0.220 e. The van der Waals surface area contributed by atoms with Crippen molar-refractivity contribution in [1.29, 1.82) is 0 Å². The summed E-state index contributed by atoms with van der Waals surface area (Å²) in [5.41, 5.74) is -0.230. The average molecular weight is 342 g/mol. The first-order valence-corrected chi connectivity index (χ1v) is 8.88. The monoisotopic (exact) mass is 342 g/mol. The molecule has 5 N–H and O–H groups in total. The molecule has 24 heavy (non-hydrogen) atoms. The second-order valence-corrected chi connectivity index (χ2v) is 7.48. The van der Waals surface area contributed by atoms with Gasteiger partial charge < -0.3 is 26.0 Å². The summed E-state index contributed by atoms with van der Waals surface area (Å²) in [7, 11) is 0. The highest BCUT2D eigenvalue weighted by atomic mass is 16.3. The third-order valence-electron chi connectivity index (χ3n) is 5.54. The minimum absolute atomic E-state index is 0.0968. The zero-order valence-electron chi connectivity index (χ0n) is 14.3. The molecule has 0 radical (unpaired) electrons. The molecule has 138 valence electrons. The van der Waals surface area contributed by atoms with Crippen molar-refractivity contribution >= 4 is 11.8 Å². The van der Waals surface area contributed by atoms with Gasteiger partial charge in [-0.2, -0.15) is 0 Å². The predicted molar refractivity (Wildman–Crippen MR) is 88.0 cm³/mol. The molecule has 0 spiro atoms. The van der Waals surface area contributed by atoms with Crippen LogP contribution in [0.25, 0.3) is 0 Å². The molecule has 0 aromatic heterocycles. The standard InChI is InChI=1S/C17H30N2O5/c1-11(21)18-10-17(5-3-2-4-6-17)8-14(22)19-13-7-12(9-20)15(23)16(13)24/h12-13,15-16,20,23-24H,2-10H2,1H3,(H,18,21)(H,19,22)/t12-,13-,15-,16+/m1/s1. The number of aliphatic hydroxyl groups excluding tert-OH is 3. The Morgan fingerprint density at radius 2 is 1.79 bits per heavy atom. The van der Waals surface area contributed by atoms with Crippen LogP contribution in [0.1, 0.15) is 51.9 Å². The van der Waals surface area contributed by atoms with Crippen LogP contribution < -0.4 is 10.6 Å². The van der Waals surface area contributed by atoms with Gasteiger partial charge in [0.2, 0.25) is 11.8 Å². The molecule has 2 rings (SSSR count). The van der Waals surface area contributed by atoms with Crippen LogP contribution in [0.3, 0.4) is 0 Å². The van der Waals surface area contributed by atoms with Crippen molar-refractivity contribution in [3.63, 3.8) is 0 Å². The molecule has 2 amide bonds. The van der Waals surface area contributed by atoms with E-state index in [4.69, 9.17) is 0 Å². The fourth-order valence-corrected chi connectivity index (χ4v) is 4.08. The molecule has 7 nitrogen and oxygen atoms in total. The molecule has 0 aromatic carbocycles. The van der Waals surface area contributed by atoms with Crippen LogP contribution in [0.4, 0.5) is 0 Å². The maximum atomic E-state index is 12.5. The molecular formula is C17H30N2O5. The number of aliphatic hydroxyl groups is 3. The lowest BCUT2D eigenvalue weighted by Gasteiger charge is -2.37. The lowest BCUT2D eigenvalue weighted by Crippen LogP contribution is -2.47. The number of hydrogen-bond acceptors (Lipinski definition) is 5. The van der Waals surface area contributed by atoms with E-state index in [1.54, 1.807) is 0 Å². The largest absolute Gasteiger partial charge is 0.396 e. The topological polar surface area (TPSA) is 119 Å². The average Bonchev–Trinajstić information content (AvgIpc) is 2.81. The van der Waals surface area contributed by atoms with Gasteiger partial charge in [0.25, 0.3) is 0 Å². The number of carbonyl (C=O) groups is 2. The summed E-state index contributed by atoms with van der Waals surface area (Å²) in [6, 6.07) is -0.536. The molecule has 0 aromatic rings. The van der Waals surface area contributed by atoms with Crippen molar-refractivity contribution in [3.05, 3.63) is 0 Å². The first-order valence-electron chi connectivity index (χ1n) is 8.88. The van der Waals surface area contributed by atoms with Gasteiger partial charge in [-0.05, 0) is 24.7 Å². The molecule has 7 heteroatoms. The number of rotatable bonds is 6. The van der Waals surface area contributed by atoms with Crippen molar-refractivity contribution in [2.75, 3.05) is 13.2 Å². The molecule has 0 bridgehead atoms. The molecule has 2 fully saturated rings. The van der Waals surface area contributed by atoms with Crippen molar-refractivity contribution in [2.24, 2.45) is 11.3 Å². The minimum Gasteiger partial charge on any atom is -0.396 e. The Kier molecular flexibility index (Phi) is 6.60. The Labute approximate surface area is 142 Å². The van der Waals surface area contributed by atoms with Crippen LogP contribution in [-0.2, 0) is 9.59 Å². The maximum absolute atomic E-state index is 12.5. The molecule has 4 atom stereocenters. The molecular weight excluding hydrogens is 312 g/mol. The van der Waals surface area contributed by atoms with Gasteiger partial charge in [0.1, 0.15) is 6.10 Å². The molecule has 0 aliphatic heterocycles. The number of carbonyl (C=O) groups excluding carboxylic acids is 2. The maximum Gasteiger partial charge on any atom is 0.220 e. The van der Waals surface area contributed by atoms with E-state index in [-0.39, 0.29) is 23.8 Å². The Balaban J connectivity index is 1.94. The van der Waals surface area contributed by atoms with Gasteiger partial charge in [-0.1, -0.05) is 19.3 Å². The number of nitrogens with one attached hydrogen (secondary N) is 2. The normalized spacial score (nSPS) is 32.3. The third kappa shape index (κ3) is 4.68. The van der Waals surface area contributed by atoms with Crippen LogP contribution in [0.5, 0.6) is 0 Å². The highest BCUT2D eigenvalue weighted by Gasteiger charge is 2.42. The first-order chi connectivity index (χ1) is 11.4. The van der Waals surface area contributed by atoms with E-state index >= 15 is 0 Å². The lowest BCUT2D eigenvalue weighted by molar-refractivity contribution is -0.127. The van der Waals surface area contributed by atoms with Crippen LogP contribution in [0.2, 0.25) is 0 Å². The molecule has 0 unspecified atom stereocenters. The minimum atomic E-state index is -1.05. The summed E-state index contributed by atoms with van der Waals surface area (Å²) in [6.07, 6.45) is 3.64. The van der Waals surface area contributed by atoms with E-state index in [2.05, 4.69) is 10.6 Å². The Morgan fingerprint density at radius 3 is 2.33 bits per heavy atom. The van der Waals surface area contributed by atoms with Crippen LogP contribution in [0, 0.1) is 11.3 Å². The van der Waals surface area contributed by atoms with Gasteiger partial charge in [-0.3, -0.25) is 9.59 Å². The van der Waals surface area contributed by atoms with Crippen LogP contribution >= 0.6 is 0 Å². The summed E-state index contributed by atoms with van der Waals surface area (Å²) >= 11 is 0. The fraction of sp³-hybridized carbons (Fsp3) is 0.882. The second-order valence-electron chi connectivity index (χ2n) is 7.48. The van der Waals surface area contributed by atoms with Gasteiger partial charge in [-0.15, -0.1) is 0 Å². The summed E-state index contributed by atoms with van der Waals surface area (Å²) in [5.74, 6) is -0.675. The quantitative estimate of drug-likeness (QED) is 0.453. The van der Waals surface area contributed by atoms with Crippen molar-refractivity contribution < 1.29 is 24.9 Å². The molecule has 2 aliphatic rings. The van der Waals surface area contributed by atoms with Gasteiger partial charge >= 0.3 is 0 Å². The summed E-state index contributed by atoms with van der Waals surface area (Å²) in [6.45, 7) is 1.75. The van der Waals surface area contributed by atoms with E-state index in [1.165, 1.54) is 6.92 Å². The third-order valence-corrected chi connectivity index (χ3v) is 5.54. The summed E-state index contributed by atoms with van der Waals surface area (Å²) < 4.78 is 0. The Bertz CT molecular complexity index is 450. The van der Waals surface area contributed by atoms with Crippen LogP contribution in [0.15, 0.2) is 0 Å². The van der Waals surface area contributed by atoms with E-state index in [1.807, 2.05) is 0 Å². The van der Waals surface area contributed by atoms with Gasteiger partial charge in [0.05, 0.1) is 12.1 Å². The zero-order valence-corrected chi connectivity index (χ0v) is 14.3. The van der Waals surface area contributed by atoms with Gasteiger partial charge in [-0.25, -0.2) is 0 Å². The van der Waals surface area contributed by atoms with Crippen molar-refractivity contribution in [1.82, 2.24) is 10.6 Å². The van der Waals surface area contributed by atoms with Gasteiger partial charge in [0, 0.05) is 32.4 Å². The molecule has 2 aliphatic carbocycles. The Morgan fingerprint density at radius 1 is 1.12 bits per heavy atom. The summed E-state index contributed by atoms with van der Waals surface area (Å²) in [5, 5.41) is 34.7. The second kappa shape index (κ2) is 8.27. The Hall–Kier alpha value is -1.18. The highest BCUT2D eigenvalue weighted by molar-refractivity contribution is 5.77. The van der Waals surface area contributed by atoms with Crippen LogP contribution in [-0.4, -0.2) is 58.5 Å². The van der Waals surface area contributed by atoms with Crippen molar-refractivity contribution in [3.8, 4) is 0 Å². The first kappa shape index (κ1) is 19.1. The predicted octanol–water partition coefficient (Wildman–Crippen LogP) is -0.318. The van der Waals surface area contributed by atoms with E-state index in [0.29, 0.717) is 19.4 Å². The SMILES string of the molecule is CC(=O)NCC1(CC(=O)N[C@@H]2C[C@H](CO)[C@@H](O)[C@H]2O)CCCCC1.